The van der Waals surface area contributed by atoms with Crippen molar-refractivity contribution in [2.75, 3.05) is 14.2 Å². The van der Waals surface area contributed by atoms with Gasteiger partial charge >= 0.3 is 5.97 Å². The highest BCUT2D eigenvalue weighted by molar-refractivity contribution is 6.34. The van der Waals surface area contributed by atoms with Crippen LogP contribution in [-0.4, -0.2) is 31.3 Å². The van der Waals surface area contributed by atoms with Crippen LogP contribution in [-0.2, 0) is 9.53 Å². The van der Waals surface area contributed by atoms with Gasteiger partial charge in [-0.1, -0.05) is 0 Å². The monoisotopic (exact) mass is 256 g/mol. The van der Waals surface area contributed by atoms with E-state index in [0.717, 1.165) is 0 Å². The van der Waals surface area contributed by atoms with Crippen LogP contribution in [0.5, 0.6) is 5.75 Å². The first-order valence-electron chi connectivity index (χ1n) is 4.97. The van der Waals surface area contributed by atoms with E-state index in [4.69, 9.17) is 16.3 Å². The summed E-state index contributed by atoms with van der Waals surface area (Å²) in [4.78, 5) is 22.8. The molecule has 5 heteroatoms. The van der Waals surface area contributed by atoms with Crippen molar-refractivity contribution in [3.8, 4) is 5.75 Å². The molecule has 0 spiro atoms. The molecule has 0 aromatic heterocycles. The second-order valence-corrected chi connectivity index (χ2v) is 3.87. The van der Waals surface area contributed by atoms with Gasteiger partial charge in [0.15, 0.2) is 5.78 Å². The van der Waals surface area contributed by atoms with Crippen LogP contribution in [0.15, 0.2) is 24.3 Å². The fourth-order valence-electron chi connectivity index (χ4n) is 1.26. The van der Waals surface area contributed by atoms with Gasteiger partial charge in [-0.05, 0) is 24.3 Å². The maximum absolute atomic E-state index is 11.8. The Bertz CT molecular complexity index is 399. The zero-order valence-electron chi connectivity index (χ0n) is 9.60. The minimum atomic E-state index is -0.907. The maximum Gasteiger partial charge on any atom is 0.307 e. The lowest BCUT2D eigenvalue weighted by Crippen LogP contribution is -2.19. The Hall–Kier alpha value is -1.55. The fourth-order valence-corrected chi connectivity index (χ4v) is 1.51. The number of halogens is 1. The molecule has 0 bridgehead atoms. The van der Waals surface area contributed by atoms with Gasteiger partial charge in [-0.3, -0.25) is 9.59 Å². The molecule has 4 nitrogen and oxygen atoms in total. The molecule has 1 unspecified atom stereocenters. The van der Waals surface area contributed by atoms with Crippen molar-refractivity contribution in [3.05, 3.63) is 29.8 Å². The molecule has 0 N–H and O–H groups in total. The zero-order valence-corrected chi connectivity index (χ0v) is 10.4. The number of esters is 1. The van der Waals surface area contributed by atoms with Gasteiger partial charge in [-0.2, -0.15) is 0 Å². The molecule has 0 aliphatic rings. The quantitative estimate of drug-likeness (QED) is 0.460. The Morgan fingerprint density at radius 2 is 1.82 bits per heavy atom. The summed E-state index contributed by atoms with van der Waals surface area (Å²) >= 11 is 5.83. The summed E-state index contributed by atoms with van der Waals surface area (Å²) in [6, 6.07) is 6.53. The molecule has 0 saturated heterocycles. The van der Waals surface area contributed by atoms with Crippen LogP contribution < -0.4 is 4.74 Å². The molecule has 0 radical (unpaired) electrons. The number of hydrogen-bond donors (Lipinski definition) is 0. The number of alkyl halides is 1. The fraction of sp³-hybridized carbons (Fsp3) is 0.333. The van der Waals surface area contributed by atoms with E-state index in [9.17, 15) is 9.59 Å². The normalized spacial score (nSPS) is 11.7. The molecular weight excluding hydrogens is 244 g/mol. The Kier molecular flexibility index (Phi) is 4.97. The lowest BCUT2D eigenvalue weighted by Gasteiger charge is -2.07. The number of carbonyl (C=O) groups is 2. The van der Waals surface area contributed by atoms with Crippen molar-refractivity contribution < 1.29 is 19.1 Å². The van der Waals surface area contributed by atoms with E-state index in [-0.39, 0.29) is 12.2 Å². The summed E-state index contributed by atoms with van der Waals surface area (Å²) in [6.07, 6.45) is -0.136. The largest absolute Gasteiger partial charge is 0.497 e. The Morgan fingerprint density at radius 3 is 2.29 bits per heavy atom. The summed E-state index contributed by atoms with van der Waals surface area (Å²) in [5.41, 5.74) is 0.440. The van der Waals surface area contributed by atoms with E-state index in [1.54, 1.807) is 31.4 Å². The summed E-state index contributed by atoms with van der Waals surface area (Å²) in [5, 5.41) is -0.907. The minimum absolute atomic E-state index is 0.136. The Morgan fingerprint density at radius 1 is 1.24 bits per heavy atom. The third kappa shape index (κ3) is 3.75. The highest BCUT2D eigenvalue weighted by Crippen LogP contribution is 2.16. The van der Waals surface area contributed by atoms with E-state index < -0.39 is 11.3 Å². The third-order valence-electron chi connectivity index (χ3n) is 2.23. The average molecular weight is 257 g/mol. The number of rotatable bonds is 5. The molecule has 1 rings (SSSR count). The molecule has 17 heavy (non-hydrogen) atoms. The summed E-state index contributed by atoms with van der Waals surface area (Å²) in [6.45, 7) is 0. The van der Waals surface area contributed by atoms with E-state index in [1.807, 2.05) is 0 Å². The lowest BCUT2D eigenvalue weighted by molar-refractivity contribution is -0.140. The number of methoxy groups -OCH3 is 2. The van der Waals surface area contributed by atoms with Crippen LogP contribution in [0.2, 0.25) is 0 Å². The highest BCUT2D eigenvalue weighted by atomic mass is 35.5. The van der Waals surface area contributed by atoms with Gasteiger partial charge in [0.2, 0.25) is 0 Å². The number of carbonyl (C=O) groups excluding carboxylic acids is 2. The van der Waals surface area contributed by atoms with Gasteiger partial charge in [0.25, 0.3) is 0 Å². The summed E-state index contributed by atoms with van der Waals surface area (Å²) in [5.74, 6) is -0.160. The van der Waals surface area contributed by atoms with Crippen LogP contribution in [0.1, 0.15) is 16.8 Å². The number of benzene rings is 1. The molecule has 1 atom stereocenters. The Balaban J connectivity index is 2.71. The zero-order chi connectivity index (χ0) is 12.8. The Labute approximate surface area is 104 Å². The number of ketones is 1. The predicted molar refractivity (Wildman–Crippen MR) is 63.6 cm³/mol. The molecule has 1 aromatic carbocycles. The summed E-state index contributed by atoms with van der Waals surface area (Å²) < 4.78 is 9.42. The van der Waals surface area contributed by atoms with Crippen molar-refractivity contribution in [3.63, 3.8) is 0 Å². The second-order valence-electron chi connectivity index (χ2n) is 3.34. The number of Topliss-reactive ketones (excluding diaryl/α,β-unsaturated/α-hetero) is 1. The van der Waals surface area contributed by atoms with Crippen molar-refractivity contribution in [1.29, 1.82) is 0 Å². The molecular formula is C12H13ClO4. The van der Waals surface area contributed by atoms with Gasteiger partial charge < -0.3 is 9.47 Å². The molecule has 0 fully saturated rings. The van der Waals surface area contributed by atoms with E-state index in [1.165, 1.54) is 7.11 Å². The average Bonchev–Trinajstić information content (AvgIpc) is 2.37. The van der Waals surface area contributed by atoms with Gasteiger partial charge in [0, 0.05) is 5.56 Å². The first kappa shape index (κ1) is 13.5. The SMILES string of the molecule is COC(=O)CC(Cl)C(=O)c1ccc(OC)cc1. The maximum atomic E-state index is 11.8. The van der Waals surface area contributed by atoms with Crippen molar-refractivity contribution in [2.45, 2.75) is 11.8 Å². The molecule has 0 aliphatic heterocycles. The topological polar surface area (TPSA) is 52.6 Å². The predicted octanol–water partition coefficient (Wildman–Crippen LogP) is 2.05. The third-order valence-corrected chi connectivity index (χ3v) is 2.59. The summed E-state index contributed by atoms with van der Waals surface area (Å²) in [7, 11) is 2.79. The first-order chi connectivity index (χ1) is 8.08. The molecule has 92 valence electrons. The minimum Gasteiger partial charge on any atom is -0.497 e. The van der Waals surface area contributed by atoms with Gasteiger partial charge in [0.05, 0.1) is 20.6 Å². The van der Waals surface area contributed by atoms with Crippen LogP contribution in [0.4, 0.5) is 0 Å². The van der Waals surface area contributed by atoms with E-state index >= 15 is 0 Å². The number of ether oxygens (including phenoxy) is 2. The highest BCUT2D eigenvalue weighted by Gasteiger charge is 2.21. The van der Waals surface area contributed by atoms with E-state index in [0.29, 0.717) is 11.3 Å². The molecule has 0 saturated carbocycles. The first-order valence-corrected chi connectivity index (χ1v) is 5.41. The van der Waals surface area contributed by atoms with Crippen LogP contribution >= 0.6 is 11.6 Å². The second kappa shape index (κ2) is 6.25. The molecule has 1 aromatic rings. The van der Waals surface area contributed by atoms with Crippen molar-refractivity contribution in [1.82, 2.24) is 0 Å². The van der Waals surface area contributed by atoms with E-state index in [2.05, 4.69) is 4.74 Å². The van der Waals surface area contributed by atoms with Crippen molar-refractivity contribution in [2.24, 2.45) is 0 Å². The van der Waals surface area contributed by atoms with Crippen LogP contribution in [0.25, 0.3) is 0 Å². The molecule has 0 amide bonds. The van der Waals surface area contributed by atoms with Crippen LogP contribution in [0, 0.1) is 0 Å². The van der Waals surface area contributed by atoms with Gasteiger partial charge in [-0.15, -0.1) is 11.6 Å². The standard InChI is InChI=1S/C12H13ClO4/c1-16-9-5-3-8(4-6-9)12(15)10(13)7-11(14)17-2/h3-6,10H,7H2,1-2H3. The lowest BCUT2D eigenvalue weighted by atomic mass is 10.1. The van der Waals surface area contributed by atoms with Crippen LogP contribution in [0.3, 0.4) is 0 Å². The van der Waals surface area contributed by atoms with Gasteiger partial charge in [0.1, 0.15) is 11.1 Å². The molecule has 0 heterocycles. The van der Waals surface area contributed by atoms with Crippen molar-refractivity contribution >= 4 is 23.4 Å². The van der Waals surface area contributed by atoms with Gasteiger partial charge in [-0.25, -0.2) is 0 Å². The molecule has 0 aliphatic carbocycles. The number of hydrogen-bond acceptors (Lipinski definition) is 4. The smallest absolute Gasteiger partial charge is 0.307 e.